The maximum atomic E-state index is 12.9. The normalized spacial score (nSPS) is 13.7. The topological polar surface area (TPSA) is 76.5 Å². The summed E-state index contributed by atoms with van der Waals surface area (Å²) in [5, 5.41) is 2.90. The minimum atomic E-state index is -0.318. The first kappa shape index (κ1) is 22.5. The van der Waals surface area contributed by atoms with E-state index in [1.54, 1.807) is 19.5 Å². The number of methoxy groups -OCH3 is 1. The molecular weight excluding hydrogens is 392 g/mol. The Labute approximate surface area is 183 Å². The lowest BCUT2D eigenvalue weighted by Crippen LogP contribution is -2.30. The molecule has 2 aromatic rings. The van der Waals surface area contributed by atoms with Crippen LogP contribution in [0, 0.1) is 0 Å². The Kier molecular flexibility index (Phi) is 7.78. The van der Waals surface area contributed by atoms with Crippen LogP contribution in [0.15, 0.2) is 54.4 Å². The van der Waals surface area contributed by atoms with Crippen molar-refractivity contribution in [2.75, 3.05) is 26.7 Å². The van der Waals surface area contributed by atoms with E-state index in [-0.39, 0.29) is 11.8 Å². The molecule has 1 aliphatic carbocycles. The lowest BCUT2D eigenvalue weighted by Gasteiger charge is -2.21. The summed E-state index contributed by atoms with van der Waals surface area (Å²) in [7, 11) is 1.62. The molecule has 0 saturated heterocycles. The molecule has 1 aromatic heterocycles. The van der Waals surface area contributed by atoms with E-state index in [1.165, 1.54) is 4.57 Å². The highest BCUT2D eigenvalue weighted by atomic mass is 16.5. The Morgan fingerprint density at radius 1 is 1.23 bits per heavy atom. The van der Waals surface area contributed by atoms with E-state index in [2.05, 4.69) is 29.0 Å². The number of nitrogens with zero attached hydrogens (tertiary/aromatic N) is 3. The number of benzene rings is 1. The lowest BCUT2D eigenvalue weighted by atomic mass is 9.93. The van der Waals surface area contributed by atoms with Gasteiger partial charge < -0.3 is 15.0 Å². The Morgan fingerprint density at radius 2 is 1.97 bits per heavy atom. The fraction of sp³-hybridized carbons (Fsp3) is 0.375. The lowest BCUT2D eigenvalue weighted by molar-refractivity contribution is -0.113. The largest absolute Gasteiger partial charge is 0.497 e. The van der Waals surface area contributed by atoms with Gasteiger partial charge in [0.05, 0.1) is 12.7 Å². The number of nitrogens with one attached hydrogen (secondary N) is 1. The Hall–Kier alpha value is -3.19. The molecule has 0 bridgehead atoms. The van der Waals surface area contributed by atoms with Crippen LogP contribution in [0.4, 0.5) is 4.79 Å². The van der Waals surface area contributed by atoms with E-state index >= 15 is 0 Å². The second-order valence-electron chi connectivity index (χ2n) is 7.33. The molecule has 0 spiro atoms. The van der Waals surface area contributed by atoms with E-state index < -0.39 is 0 Å². The van der Waals surface area contributed by atoms with Gasteiger partial charge in [-0.2, -0.15) is 0 Å². The van der Waals surface area contributed by atoms with Gasteiger partial charge in [-0.3, -0.25) is 9.36 Å². The number of allylic oxidation sites excluding steroid dienone is 3. The molecule has 7 nitrogen and oxygen atoms in total. The molecule has 0 radical (unpaired) electrons. The number of imidazole rings is 1. The number of aromatic nitrogens is 2. The van der Waals surface area contributed by atoms with Crippen molar-refractivity contribution in [3.8, 4) is 5.75 Å². The quantitative estimate of drug-likeness (QED) is 0.667. The molecule has 1 aromatic carbocycles. The predicted molar refractivity (Wildman–Crippen MR) is 121 cm³/mol. The van der Waals surface area contributed by atoms with Crippen molar-refractivity contribution in [3.63, 3.8) is 0 Å². The fourth-order valence-corrected chi connectivity index (χ4v) is 3.63. The van der Waals surface area contributed by atoms with Crippen molar-refractivity contribution in [1.82, 2.24) is 19.8 Å². The highest BCUT2D eigenvalue weighted by Gasteiger charge is 2.24. The third kappa shape index (κ3) is 5.49. The number of ketones is 1. The SMILES string of the molecule is CCN(CC)CCC1=C(c2nccn2C(=O)NCc2ccc(OC)cc2)C(=O)CC=C1. The number of ether oxygens (including phenoxy) is 1. The van der Waals surface area contributed by atoms with Crippen molar-refractivity contribution in [2.45, 2.75) is 33.2 Å². The Morgan fingerprint density at radius 3 is 2.65 bits per heavy atom. The van der Waals surface area contributed by atoms with E-state index in [0.29, 0.717) is 24.4 Å². The highest BCUT2D eigenvalue weighted by Crippen LogP contribution is 2.27. The van der Waals surface area contributed by atoms with E-state index in [4.69, 9.17) is 4.74 Å². The van der Waals surface area contributed by atoms with Gasteiger partial charge in [0.25, 0.3) is 0 Å². The van der Waals surface area contributed by atoms with Gasteiger partial charge in [0.1, 0.15) is 5.75 Å². The molecule has 0 saturated carbocycles. The van der Waals surface area contributed by atoms with Gasteiger partial charge in [-0.05, 0) is 42.8 Å². The first-order chi connectivity index (χ1) is 15.1. The third-order valence-corrected chi connectivity index (χ3v) is 5.50. The van der Waals surface area contributed by atoms with Gasteiger partial charge in [-0.1, -0.05) is 38.1 Å². The minimum absolute atomic E-state index is 0.00699. The number of carbonyl (C=O) groups excluding carboxylic acids is 2. The number of Topliss-reactive ketones (excluding diaryl/α,β-unsaturated/α-hetero) is 1. The fourth-order valence-electron chi connectivity index (χ4n) is 3.63. The molecule has 164 valence electrons. The van der Waals surface area contributed by atoms with Crippen LogP contribution in [0.25, 0.3) is 5.57 Å². The van der Waals surface area contributed by atoms with Crippen LogP contribution < -0.4 is 10.1 Å². The zero-order chi connectivity index (χ0) is 22.2. The predicted octanol–water partition coefficient (Wildman–Crippen LogP) is 3.66. The molecule has 1 N–H and O–H groups in total. The van der Waals surface area contributed by atoms with Crippen LogP contribution in [-0.2, 0) is 11.3 Å². The number of rotatable bonds is 9. The third-order valence-electron chi connectivity index (χ3n) is 5.50. The molecule has 7 heteroatoms. The maximum Gasteiger partial charge on any atom is 0.327 e. The summed E-state index contributed by atoms with van der Waals surface area (Å²) in [6.07, 6.45) is 8.10. The maximum absolute atomic E-state index is 12.9. The van der Waals surface area contributed by atoms with Crippen LogP contribution in [0.2, 0.25) is 0 Å². The van der Waals surface area contributed by atoms with E-state index in [1.807, 2.05) is 36.4 Å². The van der Waals surface area contributed by atoms with Crippen LogP contribution in [0.5, 0.6) is 5.75 Å². The van der Waals surface area contributed by atoms with Gasteiger partial charge >= 0.3 is 6.03 Å². The zero-order valence-electron chi connectivity index (χ0n) is 18.4. The molecule has 1 aliphatic rings. The molecular formula is C24H30N4O3. The number of carbonyl (C=O) groups is 2. The summed E-state index contributed by atoms with van der Waals surface area (Å²) in [6, 6.07) is 7.18. The van der Waals surface area contributed by atoms with Crippen molar-refractivity contribution < 1.29 is 14.3 Å². The van der Waals surface area contributed by atoms with Gasteiger partial charge in [-0.25, -0.2) is 9.78 Å². The molecule has 0 atom stereocenters. The first-order valence-electron chi connectivity index (χ1n) is 10.7. The summed E-state index contributed by atoms with van der Waals surface area (Å²) in [5.41, 5.74) is 2.42. The zero-order valence-corrected chi connectivity index (χ0v) is 18.4. The monoisotopic (exact) mass is 422 g/mol. The number of hydrogen-bond acceptors (Lipinski definition) is 5. The summed E-state index contributed by atoms with van der Waals surface area (Å²) in [5.74, 6) is 1.16. The van der Waals surface area contributed by atoms with Crippen LogP contribution in [0.3, 0.4) is 0 Å². The van der Waals surface area contributed by atoms with Crippen LogP contribution in [0.1, 0.15) is 38.1 Å². The summed E-state index contributed by atoms with van der Waals surface area (Å²) in [6.45, 7) is 7.38. The average molecular weight is 423 g/mol. The first-order valence-corrected chi connectivity index (χ1v) is 10.7. The molecule has 3 rings (SSSR count). The molecule has 1 heterocycles. The number of hydrogen-bond donors (Lipinski definition) is 1. The van der Waals surface area contributed by atoms with Gasteiger partial charge in [-0.15, -0.1) is 0 Å². The summed E-state index contributed by atoms with van der Waals surface area (Å²) >= 11 is 0. The summed E-state index contributed by atoms with van der Waals surface area (Å²) in [4.78, 5) is 32.3. The van der Waals surface area contributed by atoms with E-state index in [9.17, 15) is 9.59 Å². The van der Waals surface area contributed by atoms with Gasteiger partial charge in [0.15, 0.2) is 11.6 Å². The molecule has 0 aliphatic heterocycles. The second-order valence-corrected chi connectivity index (χ2v) is 7.33. The highest BCUT2D eigenvalue weighted by molar-refractivity contribution is 6.23. The smallest absolute Gasteiger partial charge is 0.327 e. The summed E-state index contributed by atoms with van der Waals surface area (Å²) < 4.78 is 6.58. The van der Waals surface area contributed by atoms with Crippen molar-refractivity contribution >= 4 is 17.4 Å². The Bertz CT molecular complexity index is 969. The van der Waals surface area contributed by atoms with Crippen LogP contribution in [-0.4, -0.2) is 53.0 Å². The van der Waals surface area contributed by atoms with Crippen molar-refractivity contribution in [2.24, 2.45) is 0 Å². The van der Waals surface area contributed by atoms with E-state index in [0.717, 1.165) is 42.9 Å². The van der Waals surface area contributed by atoms with Gasteiger partial charge in [0, 0.05) is 31.9 Å². The molecule has 31 heavy (non-hydrogen) atoms. The van der Waals surface area contributed by atoms with Crippen molar-refractivity contribution in [3.05, 3.63) is 65.8 Å². The standard InChI is InChI=1S/C24H30N4O3/c1-4-27(5-2)15-13-19-7-6-8-21(29)22(19)23-25-14-16-28(23)24(30)26-17-18-9-11-20(31-3)12-10-18/h6-7,9-12,14,16H,4-5,8,13,15,17H2,1-3H3,(H,26,30). The number of amides is 1. The Balaban J connectivity index is 1.78. The minimum Gasteiger partial charge on any atom is -0.497 e. The van der Waals surface area contributed by atoms with Gasteiger partial charge in [0.2, 0.25) is 0 Å². The molecule has 0 fully saturated rings. The van der Waals surface area contributed by atoms with Crippen LogP contribution >= 0.6 is 0 Å². The molecule has 0 unspecified atom stereocenters. The van der Waals surface area contributed by atoms with Crippen molar-refractivity contribution in [1.29, 1.82) is 0 Å². The average Bonchev–Trinajstić information content (AvgIpc) is 3.28. The second kappa shape index (κ2) is 10.7. The molecule has 1 amide bonds.